The fraction of sp³-hybridized carbons (Fsp3) is 0.333. The van der Waals surface area contributed by atoms with Gasteiger partial charge in [0.05, 0.1) is 0 Å². The largest absolute Gasteiger partial charge is 0.481 e. The number of benzene rings is 2. The van der Waals surface area contributed by atoms with Gasteiger partial charge in [0.1, 0.15) is 5.82 Å². The first-order valence-electron chi connectivity index (χ1n) is 9.08. The number of carboxylic acids is 1. The quantitative estimate of drug-likeness (QED) is 0.812. The van der Waals surface area contributed by atoms with E-state index in [0.29, 0.717) is 17.8 Å². The van der Waals surface area contributed by atoms with Crippen molar-refractivity contribution in [3.8, 4) is 0 Å². The lowest BCUT2D eigenvalue weighted by Gasteiger charge is -2.30. The number of carboxylic acid groups (broad SMARTS) is 1. The highest BCUT2D eigenvalue weighted by atomic mass is 19.1. The molecule has 142 valence electrons. The molecule has 0 spiro atoms. The van der Waals surface area contributed by atoms with Gasteiger partial charge in [-0.05, 0) is 54.2 Å². The van der Waals surface area contributed by atoms with Crippen molar-refractivity contribution in [2.24, 2.45) is 0 Å². The number of amides is 1. The van der Waals surface area contributed by atoms with Crippen molar-refractivity contribution in [2.45, 2.75) is 39.2 Å². The van der Waals surface area contributed by atoms with E-state index in [9.17, 15) is 14.0 Å². The minimum atomic E-state index is -0.940. The second-order valence-electron chi connectivity index (χ2n) is 6.74. The molecule has 0 radical (unpaired) electrons. The Labute approximate surface area is 157 Å². The molecule has 2 aromatic rings. The topological polar surface area (TPSA) is 69.6 Å². The Balaban J connectivity index is 1.72. The van der Waals surface area contributed by atoms with Gasteiger partial charge in [-0.3, -0.25) is 9.59 Å². The van der Waals surface area contributed by atoms with E-state index in [1.807, 2.05) is 18.2 Å². The van der Waals surface area contributed by atoms with Crippen molar-refractivity contribution in [1.82, 2.24) is 0 Å². The van der Waals surface area contributed by atoms with Crippen molar-refractivity contribution in [1.29, 1.82) is 0 Å². The number of rotatable bonds is 6. The van der Waals surface area contributed by atoms with Gasteiger partial charge in [0.15, 0.2) is 0 Å². The number of hydrogen-bond acceptors (Lipinski definition) is 3. The predicted molar refractivity (Wildman–Crippen MR) is 102 cm³/mol. The molecule has 1 amide bonds. The molecule has 1 aliphatic rings. The smallest absolute Gasteiger partial charge is 0.303 e. The first-order chi connectivity index (χ1) is 13.0. The standard InChI is InChI=1S/C21H23FN2O3/c1-14(25)24-11-3-5-18-16(4-2-6-20(18)24)13-23-17-9-7-15(19(22)12-17)8-10-21(26)27/h2,4,6-7,9,12,23H,3,5,8,10-11,13H2,1H3,(H,26,27). The number of halogens is 1. The van der Waals surface area contributed by atoms with Gasteiger partial charge in [-0.15, -0.1) is 0 Å². The van der Waals surface area contributed by atoms with Crippen LogP contribution < -0.4 is 10.2 Å². The predicted octanol–water partition coefficient (Wildman–Crippen LogP) is 3.75. The van der Waals surface area contributed by atoms with E-state index in [0.717, 1.165) is 36.2 Å². The summed E-state index contributed by atoms with van der Waals surface area (Å²) in [6, 6.07) is 10.7. The van der Waals surface area contributed by atoms with Gasteiger partial charge in [0.25, 0.3) is 0 Å². The number of aliphatic carboxylic acids is 1. The van der Waals surface area contributed by atoms with Gasteiger partial charge in [-0.25, -0.2) is 4.39 Å². The van der Waals surface area contributed by atoms with E-state index < -0.39 is 11.8 Å². The summed E-state index contributed by atoms with van der Waals surface area (Å²) in [5.74, 6) is -1.30. The second-order valence-corrected chi connectivity index (χ2v) is 6.74. The summed E-state index contributed by atoms with van der Waals surface area (Å²) in [7, 11) is 0. The van der Waals surface area contributed by atoms with E-state index >= 15 is 0 Å². The number of anilines is 2. The molecule has 6 heteroatoms. The van der Waals surface area contributed by atoms with Gasteiger partial charge in [-0.1, -0.05) is 18.2 Å². The van der Waals surface area contributed by atoms with Crippen LogP contribution in [-0.4, -0.2) is 23.5 Å². The summed E-state index contributed by atoms with van der Waals surface area (Å²) in [5.41, 5.74) is 4.25. The van der Waals surface area contributed by atoms with E-state index in [4.69, 9.17) is 5.11 Å². The highest BCUT2D eigenvalue weighted by Gasteiger charge is 2.21. The Morgan fingerprint density at radius 3 is 2.74 bits per heavy atom. The zero-order chi connectivity index (χ0) is 19.4. The number of nitrogens with zero attached hydrogens (tertiary/aromatic N) is 1. The molecule has 1 aliphatic heterocycles. The molecule has 0 aliphatic carbocycles. The first kappa shape index (κ1) is 18.9. The van der Waals surface area contributed by atoms with E-state index in [1.54, 1.807) is 24.0 Å². The average Bonchev–Trinajstić information content (AvgIpc) is 2.64. The zero-order valence-corrected chi connectivity index (χ0v) is 15.3. The van der Waals surface area contributed by atoms with Crippen LogP contribution in [0.5, 0.6) is 0 Å². The molecule has 0 saturated carbocycles. The molecule has 2 N–H and O–H groups in total. The van der Waals surface area contributed by atoms with Crippen LogP contribution in [0.3, 0.4) is 0 Å². The number of aryl methyl sites for hydroxylation is 1. The third-order valence-corrected chi connectivity index (χ3v) is 4.87. The van der Waals surface area contributed by atoms with Gasteiger partial charge in [-0.2, -0.15) is 0 Å². The third-order valence-electron chi connectivity index (χ3n) is 4.87. The van der Waals surface area contributed by atoms with Crippen LogP contribution in [0, 0.1) is 5.82 Å². The molecule has 0 unspecified atom stereocenters. The lowest BCUT2D eigenvalue weighted by Crippen LogP contribution is -2.34. The number of carbonyl (C=O) groups excluding carboxylic acids is 1. The zero-order valence-electron chi connectivity index (χ0n) is 15.3. The van der Waals surface area contributed by atoms with Gasteiger partial charge >= 0.3 is 5.97 Å². The Kier molecular flexibility index (Phi) is 5.74. The maximum Gasteiger partial charge on any atom is 0.303 e. The van der Waals surface area contributed by atoms with E-state index in [-0.39, 0.29) is 18.7 Å². The normalized spacial score (nSPS) is 13.2. The minimum absolute atomic E-state index is 0.0417. The number of fused-ring (bicyclic) bond motifs is 1. The Morgan fingerprint density at radius 1 is 1.22 bits per heavy atom. The van der Waals surface area contributed by atoms with Crippen LogP contribution in [-0.2, 0) is 29.0 Å². The molecular formula is C21H23FN2O3. The van der Waals surface area contributed by atoms with Crippen molar-refractivity contribution < 1.29 is 19.1 Å². The fourth-order valence-corrected chi connectivity index (χ4v) is 3.49. The molecule has 0 bridgehead atoms. The van der Waals surface area contributed by atoms with Gasteiger partial charge in [0.2, 0.25) is 5.91 Å². The molecule has 1 heterocycles. The monoisotopic (exact) mass is 370 g/mol. The van der Waals surface area contributed by atoms with Crippen LogP contribution in [0.25, 0.3) is 0 Å². The number of nitrogens with one attached hydrogen (secondary N) is 1. The molecule has 0 saturated heterocycles. The second kappa shape index (κ2) is 8.20. The highest BCUT2D eigenvalue weighted by Crippen LogP contribution is 2.30. The fourth-order valence-electron chi connectivity index (χ4n) is 3.49. The average molecular weight is 370 g/mol. The van der Waals surface area contributed by atoms with Gasteiger partial charge < -0.3 is 15.3 Å². The summed E-state index contributed by atoms with van der Waals surface area (Å²) in [5, 5.41) is 11.9. The van der Waals surface area contributed by atoms with E-state index in [2.05, 4.69) is 5.32 Å². The lowest BCUT2D eigenvalue weighted by atomic mass is 9.96. The van der Waals surface area contributed by atoms with Crippen molar-refractivity contribution in [3.63, 3.8) is 0 Å². The van der Waals surface area contributed by atoms with Crippen LogP contribution in [0.1, 0.15) is 36.5 Å². The van der Waals surface area contributed by atoms with Crippen LogP contribution in [0.15, 0.2) is 36.4 Å². The Hall–Kier alpha value is -2.89. The number of hydrogen-bond donors (Lipinski definition) is 2. The molecule has 27 heavy (non-hydrogen) atoms. The Bertz CT molecular complexity index is 867. The van der Waals surface area contributed by atoms with Crippen LogP contribution >= 0.6 is 0 Å². The van der Waals surface area contributed by atoms with Crippen LogP contribution in [0.4, 0.5) is 15.8 Å². The summed E-state index contributed by atoms with van der Waals surface area (Å²) < 4.78 is 14.2. The molecule has 0 aromatic heterocycles. The molecule has 5 nitrogen and oxygen atoms in total. The first-order valence-corrected chi connectivity index (χ1v) is 9.08. The molecule has 0 atom stereocenters. The van der Waals surface area contributed by atoms with E-state index in [1.165, 1.54) is 6.07 Å². The van der Waals surface area contributed by atoms with Crippen molar-refractivity contribution in [2.75, 3.05) is 16.8 Å². The van der Waals surface area contributed by atoms with Crippen molar-refractivity contribution in [3.05, 3.63) is 58.9 Å². The number of carbonyl (C=O) groups is 2. The van der Waals surface area contributed by atoms with Crippen molar-refractivity contribution >= 4 is 23.3 Å². The molecule has 2 aromatic carbocycles. The SMILES string of the molecule is CC(=O)N1CCCc2c(CNc3ccc(CCC(=O)O)c(F)c3)cccc21. The summed E-state index contributed by atoms with van der Waals surface area (Å²) in [6.45, 7) is 2.85. The maximum absolute atomic E-state index is 14.2. The molecular weight excluding hydrogens is 347 g/mol. The third kappa shape index (κ3) is 4.45. The molecule has 3 rings (SSSR count). The van der Waals surface area contributed by atoms with Gasteiger partial charge in [0, 0.05) is 37.8 Å². The summed E-state index contributed by atoms with van der Waals surface area (Å²) >= 11 is 0. The van der Waals surface area contributed by atoms with Crippen LogP contribution in [0.2, 0.25) is 0 Å². The lowest BCUT2D eigenvalue weighted by molar-refractivity contribution is -0.137. The molecule has 0 fully saturated rings. The minimum Gasteiger partial charge on any atom is -0.481 e. The Morgan fingerprint density at radius 2 is 2.04 bits per heavy atom. The highest BCUT2D eigenvalue weighted by molar-refractivity contribution is 5.93. The summed E-state index contributed by atoms with van der Waals surface area (Å²) in [4.78, 5) is 24.3. The maximum atomic E-state index is 14.2. The summed E-state index contributed by atoms with van der Waals surface area (Å²) in [6.07, 6.45) is 1.93.